The van der Waals surface area contributed by atoms with Crippen molar-refractivity contribution in [1.29, 1.82) is 0 Å². The van der Waals surface area contributed by atoms with Crippen LogP contribution in [0.15, 0.2) is 18.2 Å². The molecule has 0 aromatic heterocycles. The second-order valence-corrected chi connectivity index (χ2v) is 4.73. The normalized spacial score (nSPS) is 16.9. The highest BCUT2D eigenvalue weighted by molar-refractivity contribution is 6.32. The number of nitrogens with zero attached hydrogens (tertiary/aromatic N) is 1. The summed E-state index contributed by atoms with van der Waals surface area (Å²) in [6.07, 6.45) is 3.63. The molecule has 0 bridgehead atoms. The third-order valence-electron chi connectivity index (χ3n) is 3.23. The van der Waals surface area contributed by atoms with Gasteiger partial charge in [-0.1, -0.05) is 29.8 Å². The molecular weight excluding hydrogens is 222 g/mol. The maximum atomic E-state index is 9.13. The minimum absolute atomic E-state index is 0.0242. The van der Waals surface area contributed by atoms with Crippen molar-refractivity contribution in [3.05, 3.63) is 34.3 Å². The van der Waals surface area contributed by atoms with Crippen molar-refractivity contribution < 1.29 is 5.11 Å². The van der Waals surface area contributed by atoms with Crippen LogP contribution in [-0.2, 0) is 13.0 Å². The first kappa shape index (κ1) is 11.9. The average Bonchev–Trinajstić information content (AvgIpc) is 2.81. The van der Waals surface area contributed by atoms with Gasteiger partial charge in [-0.15, -0.1) is 0 Å². The van der Waals surface area contributed by atoms with Crippen LogP contribution in [0.3, 0.4) is 0 Å². The molecule has 3 heteroatoms. The molecule has 1 N–H and O–H groups in total. The molecule has 2 nitrogen and oxygen atoms in total. The molecule has 1 aromatic carbocycles. The molecule has 1 aliphatic rings. The van der Waals surface area contributed by atoms with Gasteiger partial charge in [0.05, 0.1) is 6.61 Å². The van der Waals surface area contributed by atoms with Crippen LogP contribution in [-0.4, -0.2) is 29.6 Å². The first-order valence-electron chi connectivity index (χ1n) is 5.91. The van der Waals surface area contributed by atoms with Crippen LogP contribution in [0.4, 0.5) is 0 Å². The summed E-state index contributed by atoms with van der Waals surface area (Å²) >= 11 is 6.22. The summed E-state index contributed by atoms with van der Waals surface area (Å²) in [6, 6.07) is 5.90. The van der Waals surface area contributed by atoms with Crippen LogP contribution in [0.5, 0.6) is 0 Å². The van der Waals surface area contributed by atoms with Gasteiger partial charge >= 0.3 is 0 Å². The van der Waals surface area contributed by atoms with Crippen molar-refractivity contribution in [1.82, 2.24) is 4.90 Å². The van der Waals surface area contributed by atoms with E-state index in [0.717, 1.165) is 29.1 Å². The first-order chi connectivity index (χ1) is 7.81. The van der Waals surface area contributed by atoms with Gasteiger partial charge in [-0.05, 0) is 43.5 Å². The molecule has 1 saturated heterocycles. The number of halogens is 1. The minimum Gasteiger partial charge on any atom is -0.392 e. The zero-order chi connectivity index (χ0) is 11.4. The lowest BCUT2D eigenvalue weighted by molar-refractivity contribution is 0.281. The Bertz CT molecular complexity index is 348. The molecule has 1 heterocycles. The van der Waals surface area contributed by atoms with Gasteiger partial charge < -0.3 is 10.0 Å². The molecular formula is C13H18ClNO. The summed E-state index contributed by atoms with van der Waals surface area (Å²) in [6.45, 7) is 3.54. The minimum atomic E-state index is 0.0242. The number of hydrogen-bond acceptors (Lipinski definition) is 2. The summed E-state index contributed by atoms with van der Waals surface area (Å²) in [7, 11) is 0. The lowest BCUT2D eigenvalue weighted by Gasteiger charge is -2.15. The average molecular weight is 240 g/mol. The largest absolute Gasteiger partial charge is 0.392 e. The number of rotatable bonds is 4. The third kappa shape index (κ3) is 2.76. The predicted octanol–water partition coefficient (Wildman–Crippen LogP) is 2.47. The van der Waals surface area contributed by atoms with Crippen LogP contribution in [0.1, 0.15) is 24.0 Å². The Kier molecular flexibility index (Phi) is 4.22. The van der Waals surface area contributed by atoms with Crippen molar-refractivity contribution in [3.63, 3.8) is 0 Å². The molecule has 0 unspecified atom stereocenters. The van der Waals surface area contributed by atoms with Gasteiger partial charge in [-0.2, -0.15) is 0 Å². The molecule has 1 aromatic rings. The van der Waals surface area contributed by atoms with E-state index in [2.05, 4.69) is 11.0 Å². The summed E-state index contributed by atoms with van der Waals surface area (Å²) in [5, 5.41) is 9.87. The molecule has 1 aliphatic heterocycles. The highest BCUT2D eigenvalue weighted by Gasteiger charge is 2.12. The fourth-order valence-corrected chi connectivity index (χ4v) is 2.51. The van der Waals surface area contributed by atoms with E-state index in [1.54, 1.807) is 0 Å². The number of benzene rings is 1. The molecule has 0 saturated carbocycles. The van der Waals surface area contributed by atoms with Crippen LogP contribution >= 0.6 is 11.6 Å². The fraction of sp³-hybridized carbons (Fsp3) is 0.538. The SMILES string of the molecule is OCc1cccc(CCN2CCCC2)c1Cl. The molecule has 0 atom stereocenters. The Morgan fingerprint density at radius 1 is 1.19 bits per heavy atom. The van der Waals surface area contributed by atoms with E-state index in [1.165, 1.54) is 25.9 Å². The smallest absolute Gasteiger partial charge is 0.0696 e. The van der Waals surface area contributed by atoms with Gasteiger partial charge in [0.15, 0.2) is 0 Å². The Labute approximate surface area is 102 Å². The second-order valence-electron chi connectivity index (χ2n) is 4.35. The van der Waals surface area contributed by atoms with Gasteiger partial charge in [0.2, 0.25) is 0 Å². The first-order valence-corrected chi connectivity index (χ1v) is 6.28. The molecule has 1 fully saturated rings. The Morgan fingerprint density at radius 2 is 1.88 bits per heavy atom. The molecule has 88 valence electrons. The van der Waals surface area contributed by atoms with E-state index >= 15 is 0 Å². The van der Waals surface area contributed by atoms with Gasteiger partial charge in [-0.25, -0.2) is 0 Å². The molecule has 0 amide bonds. The third-order valence-corrected chi connectivity index (χ3v) is 3.71. The fourth-order valence-electron chi connectivity index (χ4n) is 2.23. The Morgan fingerprint density at radius 3 is 2.56 bits per heavy atom. The van der Waals surface area contributed by atoms with Crippen LogP contribution in [0.25, 0.3) is 0 Å². The van der Waals surface area contributed by atoms with Crippen LogP contribution in [0, 0.1) is 0 Å². The Hall–Kier alpha value is -0.570. The molecule has 0 aliphatic carbocycles. The lowest BCUT2D eigenvalue weighted by atomic mass is 10.1. The lowest BCUT2D eigenvalue weighted by Crippen LogP contribution is -2.22. The van der Waals surface area contributed by atoms with Crippen molar-refractivity contribution >= 4 is 11.6 Å². The van der Waals surface area contributed by atoms with E-state index in [4.69, 9.17) is 16.7 Å². The zero-order valence-corrected chi connectivity index (χ0v) is 10.2. The zero-order valence-electron chi connectivity index (χ0n) is 9.45. The highest BCUT2D eigenvalue weighted by Crippen LogP contribution is 2.22. The second kappa shape index (κ2) is 5.67. The Balaban J connectivity index is 1.97. The van der Waals surface area contributed by atoms with Gasteiger partial charge in [-0.3, -0.25) is 0 Å². The van der Waals surface area contributed by atoms with Crippen LogP contribution < -0.4 is 0 Å². The van der Waals surface area contributed by atoms with E-state index in [0.29, 0.717) is 0 Å². The topological polar surface area (TPSA) is 23.5 Å². The van der Waals surface area contributed by atoms with Crippen molar-refractivity contribution in [2.24, 2.45) is 0 Å². The number of aliphatic hydroxyl groups is 1. The maximum absolute atomic E-state index is 9.13. The van der Waals surface area contributed by atoms with Crippen molar-refractivity contribution in [2.75, 3.05) is 19.6 Å². The highest BCUT2D eigenvalue weighted by atomic mass is 35.5. The van der Waals surface area contributed by atoms with E-state index in [1.807, 2.05) is 12.1 Å². The van der Waals surface area contributed by atoms with Crippen molar-refractivity contribution in [2.45, 2.75) is 25.9 Å². The molecule has 0 spiro atoms. The van der Waals surface area contributed by atoms with Gasteiger partial charge in [0.25, 0.3) is 0 Å². The molecule has 2 rings (SSSR count). The summed E-state index contributed by atoms with van der Waals surface area (Å²) < 4.78 is 0. The van der Waals surface area contributed by atoms with E-state index in [9.17, 15) is 0 Å². The van der Waals surface area contributed by atoms with E-state index in [-0.39, 0.29) is 6.61 Å². The number of likely N-dealkylation sites (tertiary alicyclic amines) is 1. The van der Waals surface area contributed by atoms with Gasteiger partial charge in [0.1, 0.15) is 0 Å². The van der Waals surface area contributed by atoms with Crippen molar-refractivity contribution in [3.8, 4) is 0 Å². The van der Waals surface area contributed by atoms with Gasteiger partial charge in [0, 0.05) is 11.6 Å². The maximum Gasteiger partial charge on any atom is 0.0696 e. The standard InChI is InChI=1S/C13H18ClNO/c14-13-11(4-3-5-12(13)10-16)6-9-15-7-1-2-8-15/h3-5,16H,1-2,6-10H2. The monoisotopic (exact) mass is 239 g/mol. The summed E-state index contributed by atoms with van der Waals surface area (Å²) in [5.41, 5.74) is 1.99. The number of aliphatic hydroxyl groups excluding tert-OH is 1. The molecule has 16 heavy (non-hydrogen) atoms. The van der Waals surface area contributed by atoms with E-state index < -0.39 is 0 Å². The summed E-state index contributed by atoms with van der Waals surface area (Å²) in [4.78, 5) is 2.47. The number of hydrogen-bond donors (Lipinski definition) is 1. The predicted molar refractivity (Wildman–Crippen MR) is 66.8 cm³/mol. The quantitative estimate of drug-likeness (QED) is 0.873. The summed E-state index contributed by atoms with van der Waals surface area (Å²) in [5.74, 6) is 0. The molecule has 0 radical (unpaired) electrons. The van der Waals surface area contributed by atoms with Crippen LogP contribution in [0.2, 0.25) is 5.02 Å².